The summed E-state index contributed by atoms with van der Waals surface area (Å²) in [6, 6.07) is 11.2. The molecule has 1 N–H and O–H groups in total. The van der Waals surface area contributed by atoms with Crippen LogP contribution in [0.4, 0.5) is 0 Å². The lowest BCUT2D eigenvalue weighted by molar-refractivity contribution is -0.138. The molecule has 2 rings (SSSR count). The van der Waals surface area contributed by atoms with Gasteiger partial charge in [0.05, 0.1) is 0 Å². The molecule has 1 heterocycles. The van der Waals surface area contributed by atoms with Crippen LogP contribution in [0, 0.1) is 5.92 Å². The molecule has 0 amide bonds. The number of aryl methyl sites for hydroxylation is 1. The SMILES string of the molecule is CC(CCc1ccccc1)N1CCC(CC(=O)O)CC1. The maximum Gasteiger partial charge on any atom is 0.303 e. The minimum Gasteiger partial charge on any atom is -0.481 e. The molecule has 0 saturated carbocycles. The van der Waals surface area contributed by atoms with E-state index in [9.17, 15) is 4.79 Å². The second-order valence-electron chi connectivity index (χ2n) is 5.95. The molecule has 1 fully saturated rings. The molecule has 1 atom stereocenters. The number of carboxylic acid groups (broad SMARTS) is 1. The largest absolute Gasteiger partial charge is 0.481 e. The molecule has 0 bridgehead atoms. The molecule has 0 aromatic heterocycles. The van der Waals surface area contributed by atoms with Crippen molar-refractivity contribution in [3.63, 3.8) is 0 Å². The van der Waals surface area contributed by atoms with Crippen molar-refractivity contribution in [3.05, 3.63) is 35.9 Å². The van der Waals surface area contributed by atoms with E-state index in [1.807, 2.05) is 0 Å². The molecule has 0 aliphatic carbocycles. The Morgan fingerprint density at radius 2 is 1.95 bits per heavy atom. The first-order valence-corrected chi connectivity index (χ1v) is 7.65. The maximum absolute atomic E-state index is 10.7. The van der Waals surface area contributed by atoms with Gasteiger partial charge in [0, 0.05) is 12.5 Å². The zero-order valence-electron chi connectivity index (χ0n) is 12.3. The summed E-state index contributed by atoms with van der Waals surface area (Å²) >= 11 is 0. The van der Waals surface area contributed by atoms with Crippen LogP contribution in [0.25, 0.3) is 0 Å². The van der Waals surface area contributed by atoms with E-state index < -0.39 is 5.97 Å². The van der Waals surface area contributed by atoms with E-state index in [1.165, 1.54) is 12.0 Å². The first-order valence-electron chi connectivity index (χ1n) is 7.65. The fraction of sp³-hybridized carbons (Fsp3) is 0.588. The third-order valence-electron chi connectivity index (χ3n) is 4.43. The van der Waals surface area contributed by atoms with Gasteiger partial charge in [-0.15, -0.1) is 0 Å². The van der Waals surface area contributed by atoms with Gasteiger partial charge in [0.1, 0.15) is 0 Å². The van der Waals surface area contributed by atoms with Crippen LogP contribution in [0.5, 0.6) is 0 Å². The monoisotopic (exact) mass is 275 g/mol. The Labute approximate surface area is 121 Å². The summed E-state index contributed by atoms with van der Waals surface area (Å²) in [5, 5.41) is 8.84. The number of carboxylic acids is 1. The predicted molar refractivity (Wildman–Crippen MR) is 80.8 cm³/mol. The van der Waals surface area contributed by atoms with Crippen LogP contribution in [0.1, 0.15) is 38.2 Å². The van der Waals surface area contributed by atoms with Gasteiger partial charge in [-0.3, -0.25) is 4.79 Å². The van der Waals surface area contributed by atoms with Crippen LogP contribution in [-0.2, 0) is 11.2 Å². The van der Waals surface area contributed by atoms with Crippen molar-refractivity contribution in [3.8, 4) is 0 Å². The fourth-order valence-corrected chi connectivity index (χ4v) is 3.05. The lowest BCUT2D eigenvalue weighted by Crippen LogP contribution is -2.40. The van der Waals surface area contributed by atoms with Gasteiger partial charge in [0.2, 0.25) is 0 Å². The highest BCUT2D eigenvalue weighted by atomic mass is 16.4. The zero-order valence-corrected chi connectivity index (χ0v) is 12.3. The lowest BCUT2D eigenvalue weighted by atomic mass is 9.92. The van der Waals surface area contributed by atoms with Gasteiger partial charge in [-0.1, -0.05) is 30.3 Å². The molecule has 1 saturated heterocycles. The third-order valence-corrected chi connectivity index (χ3v) is 4.43. The quantitative estimate of drug-likeness (QED) is 0.866. The van der Waals surface area contributed by atoms with Crippen LogP contribution in [0.15, 0.2) is 30.3 Å². The minimum absolute atomic E-state index is 0.340. The standard InChI is InChI=1S/C17H25NO2/c1-14(7-8-15-5-3-2-4-6-15)18-11-9-16(10-12-18)13-17(19)20/h2-6,14,16H,7-13H2,1H3,(H,19,20). The number of nitrogens with zero attached hydrogens (tertiary/aromatic N) is 1. The average Bonchev–Trinajstić information content (AvgIpc) is 2.46. The Kier molecular flexibility index (Phi) is 5.60. The summed E-state index contributed by atoms with van der Waals surface area (Å²) in [6.45, 7) is 4.39. The van der Waals surface area contributed by atoms with Crippen molar-refractivity contribution in [1.82, 2.24) is 4.90 Å². The van der Waals surface area contributed by atoms with E-state index in [4.69, 9.17) is 5.11 Å². The third kappa shape index (κ3) is 4.64. The molecule has 1 aromatic rings. The molecule has 1 aliphatic rings. The van der Waals surface area contributed by atoms with Crippen LogP contribution in [0.3, 0.4) is 0 Å². The van der Waals surface area contributed by atoms with Crippen molar-refractivity contribution in [1.29, 1.82) is 0 Å². The van der Waals surface area contributed by atoms with Crippen molar-refractivity contribution < 1.29 is 9.90 Å². The Morgan fingerprint density at radius 1 is 1.30 bits per heavy atom. The van der Waals surface area contributed by atoms with E-state index in [2.05, 4.69) is 42.2 Å². The highest BCUT2D eigenvalue weighted by Crippen LogP contribution is 2.23. The van der Waals surface area contributed by atoms with Crippen LogP contribution < -0.4 is 0 Å². The number of likely N-dealkylation sites (tertiary alicyclic amines) is 1. The van der Waals surface area contributed by atoms with Crippen molar-refractivity contribution in [2.24, 2.45) is 5.92 Å². The van der Waals surface area contributed by atoms with E-state index in [1.54, 1.807) is 0 Å². The van der Waals surface area contributed by atoms with Gasteiger partial charge in [-0.25, -0.2) is 0 Å². The second-order valence-corrected chi connectivity index (χ2v) is 5.95. The van der Waals surface area contributed by atoms with E-state index in [0.29, 0.717) is 18.4 Å². The highest BCUT2D eigenvalue weighted by molar-refractivity contribution is 5.67. The summed E-state index contributed by atoms with van der Waals surface area (Å²) < 4.78 is 0. The Hall–Kier alpha value is -1.35. The summed E-state index contributed by atoms with van der Waals surface area (Å²) in [6.07, 6.45) is 4.70. The molecular formula is C17H25NO2. The number of piperidine rings is 1. The number of benzene rings is 1. The Balaban J connectivity index is 1.72. The van der Waals surface area contributed by atoms with Gasteiger partial charge in [0.15, 0.2) is 0 Å². The summed E-state index contributed by atoms with van der Waals surface area (Å²) in [5.74, 6) is -0.273. The molecule has 20 heavy (non-hydrogen) atoms. The van der Waals surface area contributed by atoms with Crippen molar-refractivity contribution >= 4 is 5.97 Å². The molecule has 1 aliphatic heterocycles. The van der Waals surface area contributed by atoms with Gasteiger partial charge in [-0.05, 0) is 57.2 Å². The first kappa shape index (κ1) is 15.0. The van der Waals surface area contributed by atoms with E-state index in [-0.39, 0.29) is 0 Å². The topological polar surface area (TPSA) is 40.5 Å². The molecular weight excluding hydrogens is 250 g/mol. The van der Waals surface area contributed by atoms with E-state index >= 15 is 0 Å². The number of carbonyl (C=O) groups is 1. The average molecular weight is 275 g/mol. The lowest BCUT2D eigenvalue weighted by Gasteiger charge is -2.35. The molecule has 110 valence electrons. The number of aliphatic carboxylic acids is 1. The van der Waals surface area contributed by atoms with Gasteiger partial charge in [0.25, 0.3) is 0 Å². The fourth-order valence-electron chi connectivity index (χ4n) is 3.05. The van der Waals surface area contributed by atoms with Crippen molar-refractivity contribution in [2.45, 2.75) is 45.1 Å². The molecule has 1 aromatic carbocycles. The Bertz CT molecular complexity index is 410. The smallest absolute Gasteiger partial charge is 0.303 e. The first-order chi connectivity index (χ1) is 9.65. The molecule has 0 radical (unpaired) electrons. The van der Waals surface area contributed by atoms with Gasteiger partial charge in [-0.2, -0.15) is 0 Å². The van der Waals surface area contributed by atoms with Crippen LogP contribution in [0.2, 0.25) is 0 Å². The van der Waals surface area contributed by atoms with Gasteiger partial charge < -0.3 is 10.0 Å². The van der Waals surface area contributed by atoms with Gasteiger partial charge >= 0.3 is 5.97 Å². The summed E-state index contributed by atoms with van der Waals surface area (Å²) in [5.41, 5.74) is 1.40. The number of rotatable bonds is 6. The minimum atomic E-state index is -0.652. The maximum atomic E-state index is 10.7. The second kappa shape index (κ2) is 7.44. The van der Waals surface area contributed by atoms with Crippen LogP contribution in [-0.4, -0.2) is 35.1 Å². The molecule has 1 unspecified atom stereocenters. The zero-order chi connectivity index (χ0) is 14.4. The number of hydrogen-bond donors (Lipinski definition) is 1. The van der Waals surface area contributed by atoms with Crippen molar-refractivity contribution in [2.75, 3.05) is 13.1 Å². The Morgan fingerprint density at radius 3 is 2.55 bits per heavy atom. The summed E-state index contributed by atoms with van der Waals surface area (Å²) in [7, 11) is 0. The van der Waals surface area contributed by atoms with E-state index in [0.717, 1.165) is 32.4 Å². The predicted octanol–water partition coefficient (Wildman–Crippen LogP) is 3.19. The molecule has 3 heteroatoms. The highest BCUT2D eigenvalue weighted by Gasteiger charge is 2.23. The molecule has 3 nitrogen and oxygen atoms in total. The normalized spacial score (nSPS) is 18.9. The van der Waals surface area contributed by atoms with Crippen LogP contribution >= 0.6 is 0 Å². The number of hydrogen-bond acceptors (Lipinski definition) is 2. The summed E-state index contributed by atoms with van der Waals surface area (Å²) in [4.78, 5) is 13.2. The molecule has 0 spiro atoms.